The molecule has 0 fully saturated rings. The molecule has 126 valence electrons. The zero-order valence-electron chi connectivity index (χ0n) is 12.8. The maximum atomic E-state index is 12.2. The van der Waals surface area contributed by atoms with Crippen LogP contribution >= 0.6 is 0 Å². The molecule has 0 saturated heterocycles. The summed E-state index contributed by atoms with van der Waals surface area (Å²) in [5.41, 5.74) is 0.306. The van der Waals surface area contributed by atoms with Crippen LogP contribution in [0, 0.1) is 5.92 Å². The van der Waals surface area contributed by atoms with E-state index in [2.05, 4.69) is 4.74 Å². The maximum Gasteiger partial charge on any atom is 0.342 e. The minimum absolute atomic E-state index is 0.00985. The number of aliphatic hydroxyl groups excluding tert-OH is 3. The molecule has 0 saturated carbocycles. The van der Waals surface area contributed by atoms with Gasteiger partial charge < -0.3 is 20.1 Å². The van der Waals surface area contributed by atoms with Crippen LogP contribution in [0.25, 0.3) is 0 Å². The van der Waals surface area contributed by atoms with Gasteiger partial charge in [-0.05, 0) is 12.0 Å². The summed E-state index contributed by atoms with van der Waals surface area (Å²) in [6.07, 6.45) is -0.925. The van der Waals surface area contributed by atoms with E-state index >= 15 is 0 Å². The predicted octanol–water partition coefficient (Wildman–Crippen LogP) is -0.214. The summed E-state index contributed by atoms with van der Waals surface area (Å²) in [4.78, 5) is 36.2. The van der Waals surface area contributed by atoms with Gasteiger partial charge in [-0.25, -0.2) is 9.59 Å². The van der Waals surface area contributed by atoms with Crippen molar-refractivity contribution in [2.45, 2.75) is 44.8 Å². The van der Waals surface area contributed by atoms with E-state index in [1.54, 1.807) is 0 Å². The number of aliphatic hydroxyl groups is 3. The van der Waals surface area contributed by atoms with Crippen LogP contribution in [0.5, 0.6) is 0 Å². The number of Topliss-reactive ketones (excluding diaryl/α,β-unsaturated/α-hetero) is 1. The third-order valence-corrected chi connectivity index (χ3v) is 4.22. The summed E-state index contributed by atoms with van der Waals surface area (Å²) >= 11 is 0. The zero-order chi connectivity index (χ0) is 17.1. The second-order valence-electron chi connectivity index (χ2n) is 5.73. The molecule has 3 N–H and O–H groups in total. The van der Waals surface area contributed by atoms with E-state index in [1.807, 2.05) is 6.92 Å². The van der Waals surface area contributed by atoms with Crippen molar-refractivity contribution in [3.05, 3.63) is 22.8 Å². The second kappa shape index (κ2) is 7.16. The largest absolute Gasteiger partial charge is 0.392 e. The molecule has 7 nitrogen and oxygen atoms in total. The van der Waals surface area contributed by atoms with E-state index in [1.165, 1.54) is 6.08 Å². The lowest BCUT2D eigenvalue weighted by Gasteiger charge is -2.21. The number of rotatable bonds is 3. The Morgan fingerprint density at radius 1 is 1.22 bits per heavy atom. The molecular formula is C16H20O7. The van der Waals surface area contributed by atoms with Crippen molar-refractivity contribution < 1.29 is 34.4 Å². The number of cyclic esters (lactones) is 2. The molecular weight excluding hydrogens is 304 g/mol. The van der Waals surface area contributed by atoms with E-state index in [0.29, 0.717) is 12.8 Å². The lowest BCUT2D eigenvalue weighted by Crippen LogP contribution is -2.34. The molecule has 0 spiro atoms. The molecule has 0 amide bonds. The number of ether oxygens (including phenoxy) is 1. The normalized spacial score (nSPS) is 30.9. The van der Waals surface area contributed by atoms with Crippen molar-refractivity contribution in [1.29, 1.82) is 0 Å². The molecule has 2 aliphatic rings. The zero-order valence-corrected chi connectivity index (χ0v) is 12.8. The highest BCUT2D eigenvalue weighted by Crippen LogP contribution is 2.36. The van der Waals surface area contributed by atoms with Crippen LogP contribution in [0.2, 0.25) is 0 Å². The number of ketones is 1. The van der Waals surface area contributed by atoms with Crippen molar-refractivity contribution in [3.8, 4) is 0 Å². The van der Waals surface area contributed by atoms with Crippen molar-refractivity contribution in [3.63, 3.8) is 0 Å². The van der Waals surface area contributed by atoms with Crippen LogP contribution < -0.4 is 0 Å². The number of hydrogen-bond donors (Lipinski definition) is 3. The summed E-state index contributed by atoms with van der Waals surface area (Å²) in [6.45, 7) is 1.45. The van der Waals surface area contributed by atoms with Gasteiger partial charge in [0.15, 0.2) is 5.78 Å². The minimum atomic E-state index is -1.48. The molecule has 0 aromatic rings. The summed E-state index contributed by atoms with van der Waals surface area (Å²) < 4.78 is 4.64. The van der Waals surface area contributed by atoms with Crippen LogP contribution in [0.15, 0.2) is 22.8 Å². The van der Waals surface area contributed by atoms with Gasteiger partial charge in [-0.1, -0.05) is 19.4 Å². The molecule has 0 radical (unpaired) electrons. The highest BCUT2D eigenvalue weighted by molar-refractivity contribution is 6.13. The van der Waals surface area contributed by atoms with Crippen LogP contribution in [-0.4, -0.2) is 51.9 Å². The van der Waals surface area contributed by atoms with E-state index in [4.69, 9.17) is 5.11 Å². The third-order valence-electron chi connectivity index (χ3n) is 4.22. The van der Waals surface area contributed by atoms with Gasteiger partial charge in [-0.15, -0.1) is 0 Å². The monoisotopic (exact) mass is 324 g/mol. The standard InChI is InChI=1S/C16H20O7/c1-2-3-9-13-10(15(21)23-16(13)22)6-8(4-5-17)11(18)7-12(19)14(9)20/h4,9,11,14,17-18,20H,2-3,5-7H2,1H3/b8-4-/t9-,11+,14+/m0/s1. The fraction of sp³-hybridized carbons (Fsp3) is 0.562. The van der Waals surface area contributed by atoms with E-state index in [-0.39, 0.29) is 36.2 Å². The van der Waals surface area contributed by atoms with Gasteiger partial charge in [-0.2, -0.15) is 0 Å². The van der Waals surface area contributed by atoms with Crippen LogP contribution in [0.3, 0.4) is 0 Å². The van der Waals surface area contributed by atoms with Gasteiger partial charge >= 0.3 is 11.9 Å². The maximum absolute atomic E-state index is 12.2. The minimum Gasteiger partial charge on any atom is -0.392 e. The van der Waals surface area contributed by atoms with E-state index in [9.17, 15) is 24.6 Å². The molecule has 3 atom stereocenters. The molecule has 0 aromatic carbocycles. The van der Waals surface area contributed by atoms with Crippen molar-refractivity contribution in [1.82, 2.24) is 0 Å². The Morgan fingerprint density at radius 2 is 1.91 bits per heavy atom. The van der Waals surface area contributed by atoms with Crippen molar-refractivity contribution >= 4 is 17.7 Å². The number of esters is 2. The number of hydrogen-bond acceptors (Lipinski definition) is 7. The third kappa shape index (κ3) is 3.41. The van der Waals surface area contributed by atoms with E-state index < -0.39 is 35.8 Å². The lowest BCUT2D eigenvalue weighted by molar-refractivity contribution is -0.151. The van der Waals surface area contributed by atoms with Crippen molar-refractivity contribution in [2.24, 2.45) is 5.92 Å². The fourth-order valence-corrected chi connectivity index (χ4v) is 3.06. The molecule has 0 aromatic heterocycles. The van der Waals surface area contributed by atoms with Crippen LogP contribution in [0.4, 0.5) is 0 Å². The molecule has 1 heterocycles. The van der Waals surface area contributed by atoms with Gasteiger partial charge in [0, 0.05) is 18.8 Å². The summed E-state index contributed by atoms with van der Waals surface area (Å²) in [7, 11) is 0. The Labute approximate surface area is 133 Å². The number of carbonyl (C=O) groups is 3. The first-order valence-corrected chi connectivity index (χ1v) is 7.58. The molecule has 1 aliphatic heterocycles. The van der Waals surface area contributed by atoms with Gasteiger partial charge in [0.1, 0.15) is 6.10 Å². The van der Waals surface area contributed by atoms with Crippen LogP contribution in [-0.2, 0) is 19.1 Å². The Bertz CT molecular complexity index is 587. The Morgan fingerprint density at radius 3 is 2.52 bits per heavy atom. The Kier molecular flexibility index (Phi) is 5.46. The Balaban J connectivity index is 2.57. The van der Waals surface area contributed by atoms with E-state index in [0.717, 1.165) is 0 Å². The second-order valence-corrected chi connectivity index (χ2v) is 5.73. The van der Waals surface area contributed by atoms with Gasteiger partial charge in [0.05, 0.1) is 23.9 Å². The first-order valence-electron chi connectivity index (χ1n) is 7.58. The first-order chi connectivity index (χ1) is 10.9. The quantitative estimate of drug-likeness (QED) is 0.373. The summed E-state index contributed by atoms with van der Waals surface area (Å²) in [5.74, 6) is -3.12. The highest BCUT2D eigenvalue weighted by atomic mass is 16.6. The lowest BCUT2D eigenvalue weighted by atomic mass is 9.84. The average molecular weight is 324 g/mol. The molecule has 1 aliphatic carbocycles. The number of carbonyl (C=O) groups excluding carboxylic acids is 3. The fourth-order valence-electron chi connectivity index (χ4n) is 3.06. The Hall–Kier alpha value is -1.83. The smallest absolute Gasteiger partial charge is 0.342 e. The van der Waals surface area contributed by atoms with Gasteiger partial charge in [-0.3, -0.25) is 4.79 Å². The molecule has 23 heavy (non-hydrogen) atoms. The molecule has 0 bridgehead atoms. The first kappa shape index (κ1) is 17.5. The van der Waals surface area contributed by atoms with Gasteiger partial charge in [0.25, 0.3) is 0 Å². The predicted molar refractivity (Wildman–Crippen MR) is 77.9 cm³/mol. The molecule has 7 heteroatoms. The van der Waals surface area contributed by atoms with Crippen LogP contribution in [0.1, 0.15) is 32.6 Å². The average Bonchev–Trinajstić information content (AvgIpc) is 2.78. The topological polar surface area (TPSA) is 121 Å². The molecule has 2 rings (SSSR count). The van der Waals surface area contributed by atoms with Gasteiger partial charge in [0.2, 0.25) is 0 Å². The van der Waals surface area contributed by atoms with Crippen molar-refractivity contribution in [2.75, 3.05) is 6.61 Å². The highest BCUT2D eigenvalue weighted by Gasteiger charge is 2.43. The SMILES string of the molecule is CCC[C@H]1C2=C(C/C(=C/CO)[C@H](O)CC(=O)[C@@H]1O)C(=O)OC2=O. The summed E-state index contributed by atoms with van der Waals surface area (Å²) in [5, 5.41) is 29.5. The molecule has 0 unspecified atom stereocenters. The summed E-state index contributed by atoms with van der Waals surface area (Å²) in [6, 6.07) is 0.